The highest BCUT2D eigenvalue weighted by Gasteiger charge is 2.53. The molecule has 0 aromatic carbocycles. The fourth-order valence-electron chi connectivity index (χ4n) is 2.50. The molecule has 1 saturated heterocycles. The molecule has 0 radical (unpaired) electrons. The molecule has 1 fully saturated rings. The van der Waals surface area contributed by atoms with Gasteiger partial charge in [0.2, 0.25) is 5.91 Å². The fraction of sp³-hybridized carbons (Fsp3) is 0.857. The van der Waals surface area contributed by atoms with Crippen LogP contribution < -0.4 is 5.32 Å². The van der Waals surface area contributed by atoms with E-state index in [9.17, 15) is 30.0 Å². The number of aliphatic carboxylic acids is 1. The third kappa shape index (κ3) is 4.85. The SMILES string of the molecule is CCCCC(=O)N[C@H]1[C@H]([C@H](O)[C@H](O)CO)OC(O)(C(=O)O)C[C@@H]1O. The van der Waals surface area contributed by atoms with Crippen LogP contribution in [0.4, 0.5) is 0 Å². The van der Waals surface area contributed by atoms with Crippen LogP contribution in [0.2, 0.25) is 0 Å². The minimum absolute atomic E-state index is 0.147. The summed E-state index contributed by atoms with van der Waals surface area (Å²) in [6.45, 7) is 1.02. The molecular weight excluding hydrogens is 326 g/mol. The standard InChI is InChI=1S/C14H25NO9/c1-2-3-4-9(19)15-10-7(17)5-14(23,13(21)22)24-12(10)11(20)8(18)6-16/h7-8,10-12,16-18,20,23H,2-6H2,1H3,(H,15,19)(H,21,22)/t7-,8+,10+,11+,12+,14?/m0/s1. The van der Waals surface area contributed by atoms with E-state index >= 15 is 0 Å². The maximum absolute atomic E-state index is 11.9. The molecule has 1 aliphatic heterocycles. The first-order chi connectivity index (χ1) is 11.2. The van der Waals surface area contributed by atoms with Crippen molar-refractivity contribution in [1.82, 2.24) is 5.32 Å². The van der Waals surface area contributed by atoms with Crippen LogP contribution in [0.1, 0.15) is 32.6 Å². The molecule has 24 heavy (non-hydrogen) atoms. The number of carbonyl (C=O) groups is 2. The number of hydrogen-bond donors (Lipinski definition) is 7. The molecule has 10 heteroatoms. The molecule has 0 aromatic rings. The van der Waals surface area contributed by atoms with Gasteiger partial charge in [0.15, 0.2) is 0 Å². The van der Waals surface area contributed by atoms with Gasteiger partial charge < -0.3 is 40.7 Å². The fourth-order valence-corrected chi connectivity index (χ4v) is 2.50. The van der Waals surface area contributed by atoms with Gasteiger partial charge in [-0.05, 0) is 6.42 Å². The summed E-state index contributed by atoms with van der Waals surface area (Å²) in [5, 5.41) is 60.0. The van der Waals surface area contributed by atoms with Crippen LogP contribution >= 0.6 is 0 Å². The molecule has 0 aliphatic carbocycles. The van der Waals surface area contributed by atoms with E-state index in [0.29, 0.717) is 6.42 Å². The van der Waals surface area contributed by atoms with E-state index in [0.717, 1.165) is 6.42 Å². The van der Waals surface area contributed by atoms with Crippen LogP contribution in [0.5, 0.6) is 0 Å². The van der Waals surface area contributed by atoms with Crippen molar-refractivity contribution >= 4 is 11.9 Å². The van der Waals surface area contributed by atoms with Gasteiger partial charge in [-0.3, -0.25) is 4.79 Å². The molecule has 6 atom stereocenters. The highest BCUT2D eigenvalue weighted by Crippen LogP contribution is 2.30. The van der Waals surface area contributed by atoms with E-state index in [4.69, 9.17) is 14.9 Å². The number of unbranched alkanes of at least 4 members (excludes halogenated alkanes) is 1. The molecule has 10 nitrogen and oxygen atoms in total. The Morgan fingerprint density at radius 3 is 2.50 bits per heavy atom. The lowest BCUT2D eigenvalue weighted by Crippen LogP contribution is -2.67. The topological polar surface area (TPSA) is 177 Å². The van der Waals surface area contributed by atoms with Crippen LogP contribution in [-0.4, -0.2) is 85.4 Å². The molecule has 1 unspecified atom stereocenters. The number of nitrogens with one attached hydrogen (secondary N) is 1. The van der Waals surface area contributed by atoms with E-state index in [1.54, 1.807) is 0 Å². The summed E-state index contributed by atoms with van der Waals surface area (Å²) >= 11 is 0. The second kappa shape index (κ2) is 8.70. The van der Waals surface area contributed by atoms with Gasteiger partial charge in [-0.2, -0.15) is 0 Å². The van der Waals surface area contributed by atoms with Gasteiger partial charge in [-0.15, -0.1) is 0 Å². The summed E-state index contributed by atoms with van der Waals surface area (Å²) in [5.74, 6) is -5.03. The Morgan fingerprint density at radius 2 is 2.00 bits per heavy atom. The van der Waals surface area contributed by atoms with E-state index in [1.165, 1.54) is 0 Å². The lowest BCUT2D eigenvalue weighted by Gasteiger charge is -2.44. The zero-order valence-corrected chi connectivity index (χ0v) is 13.3. The molecule has 1 amide bonds. The molecule has 1 heterocycles. The second-order valence-corrected chi connectivity index (χ2v) is 5.88. The molecule has 7 N–H and O–H groups in total. The van der Waals surface area contributed by atoms with Crippen LogP contribution in [0.3, 0.4) is 0 Å². The predicted molar refractivity (Wildman–Crippen MR) is 78.6 cm³/mol. The monoisotopic (exact) mass is 351 g/mol. The number of amides is 1. The molecule has 1 rings (SSSR count). The number of aliphatic hydroxyl groups excluding tert-OH is 4. The summed E-state index contributed by atoms with van der Waals surface area (Å²) in [5.41, 5.74) is 0. The van der Waals surface area contributed by atoms with Gasteiger partial charge in [-0.25, -0.2) is 4.79 Å². The van der Waals surface area contributed by atoms with Gasteiger partial charge in [0, 0.05) is 12.8 Å². The highest BCUT2D eigenvalue weighted by molar-refractivity contribution is 5.77. The number of hydrogen-bond acceptors (Lipinski definition) is 8. The molecular formula is C14H25NO9. The largest absolute Gasteiger partial charge is 0.477 e. The maximum Gasteiger partial charge on any atom is 0.364 e. The highest BCUT2D eigenvalue weighted by atomic mass is 16.7. The van der Waals surface area contributed by atoms with Gasteiger partial charge in [0.1, 0.15) is 18.3 Å². The van der Waals surface area contributed by atoms with E-state index in [-0.39, 0.29) is 6.42 Å². The van der Waals surface area contributed by atoms with Crippen molar-refractivity contribution in [2.45, 2.75) is 68.9 Å². The Kier molecular flexibility index (Phi) is 7.52. The van der Waals surface area contributed by atoms with Crippen LogP contribution in [0, 0.1) is 0 Å². The predicted octanol–water partition coefficient (Wildman–Crippen LogP) is -2.70. The molecule has 140 valence electrons. The minimum atomic E-state index is -2.79. The van der Waals surface area contributed by atoms with E-state index < -0.39 is 61.1 Å². The first kappa shape index (κ1) is 20.7. The summed E-state index contributed by atoms with van der Waals surface area (Å²) in [4.78, 5) is 23.0. The molecule has 0 bridgehead atoms. The third-order valence-corrected chi connectivity index (χ3v) is 3.92. The lowest BCUT2D eigenvalue weighted by molar-refractivity contribution is -0.295. The normalized spacial score (nSPS) is 32.8. The Balaban J connectivity index is 3.00. The summed E-state index contributed by atoms with van der Waals surface area (Å²) < 4.78 is 4.97. The molecule has 0 aromatic heterocycles. The minimum Gasteiger partial charge on any atom is -0.477 e. The van der Waals surface area contributed by atoms with Crippen molar-refractivity contribution in [3.8, 4) is 0 Å². The first-order valence-electron chi connectivity index (χ1n) is 7.74. The molecule has 0 saturated carbocycles. The first-order valence-corrected chi connectivity index (χ1v) is 7.74. The van der Waals surface area contributed by atoms with Crippen LogP contribution in [-0.2, 0) is 14.3 Å². The average Bonchev–Trinajstić information content (AvgIpc) is 2.53. The van der Waals surface area contributed by atoms with Crippen molar-refractivity contribution in [2.24, 2.45) is 0 Å². The van der Waals surface area contributed by atoms with Gasteiger partial charge >= 0.3 is 5.97 Å². The average molecular weight is 351 g/mol. The van der Waals surface area contributed by atoms with Gasteiger partial charge in [-0.1, -0.05) is 13.3 Å². The zero-order chi connectivity index (χ0) is 18.5. The number of carbonyl (C=O) groups excluding carboxylic acids is 1. The number of aliphatic hydroxyl groups is 5. The van der Waals surface area contributed by atoms with Crippen molar-refractivity contribution in [3.63, 3.8) is 0 Å². The number of ether oxygens (including phenoxy) is 1. The van der Waals surface area contributed by atoms with Crippen LogP contribution in [0.25, 0.3) is 0 Å². The molecule has 1 aliphatic rings. The second-order valence-electron chi connectivity index (χ2n) is 5.88. The Bertz CT molecular complexity index is 446. The van der Waals surface area contributed by atoms with Crippen molar-refractivity contribution in [1.29, 1.82) is 0 Å². The Morgan fingerprint density at radius 1 is 1.38 bits per heavy atom. The number of carboxylic acids is 1. The van der Waals surface area contributed by atoms with Gasteiger partial charge in [0.25, 0.3) is 5.79 Å². The summed E-state index contributed by atoms with van der Waals surface area (Å²) in [7, 11) is 0. The Labute approximate surface area is 138 Å². The maximum atomic E-state index is 11.9. The zero-order valence-electron chi connectivity index (χ0n) is 13.3. The van der Waals surface area contributed by atoms with Crippen LogP contribution in [0.15, 0.2) is 0 Å². The quantitative estimate of drug-likeness (QED) is 0.245. The summed E-state index contributed by atoms with van der Waals surface area (Å²) in [6, 6.07) is -1.26. The van der Waals surface area contributed by atoms with E-state index in [1.807, 2.05) is 6.92 Å². The molecule has 0 spiro atoms. The van der Waals surface area contributed by atoms with Crippen molar-refractivity contribution in [3.05, 3.63) is 0 Å². The van der Waals surface area contributed by atoms with E-state index in [2.05, 4.69) is 5.32 Å². The Hall–Kier alpha value is -1.30. The number of rotatable bonds is 8. The third-order valence-electron chi connectivity index (χ3n) is 3.92. The summed E-state index contributed by atoms with van der Waals surface area (Å²) in [6.07, 6.45) is -5.99. The lowest BCUT2D eigenvalue weighted by atomic mass is 9.88. The smallest absolute Gasteiger partial charge is 0.364 e. The number of carboxylic acid groups (broad SMARTS) is 1. The van der Waals surface area contributed by atoms with Crippen molar-refractivity contribution in [2.75, 3.05) is 6.61 Å². The van der Waals surface area contributed by atoms with Gasteiger partial charge in [0.05, 0.1) is 18.8 Å². The van der Waals surface area contributed by atoms with Crippen molar-refractivity contribution < 1.29 is 45.0 Å².